The van der Waals surface area contributed by atoms with E-state index in [0.29, 0.717) is 23.5 Å². The second-order valence-corrected chi connectivity index (χ2v) is 4.53. The molecule has 0 aliphatic carbocycles. The number of ether oxygens (including phenoxy) is 3. The Bertz CT molecular complexity index is 647. The molecule has 0 saturated carbocycles. The predicted octanol–water partition coefficient (Wildman–Crippen LogP) is 3.43. The summed E-state index contributed by atoms with van der Waals surface area (Å²) in [6.45, 7) is 0.416. The molecular weight excluding hydrogens is 280 g/mol. The lowest BCUT2D eigenvalue weighted by Gasteiger charge is -2.13. The first-order valence-electron chi connectivity index (χ1n) is 6.83. The van der Waals surface area contributed by atoms with E-state index in [1.165, 1.54) is 20.5 Å². The van der Waals surface area contributed by atoms with Crippen molar-refractivity contribution in [2.24, 2.45) is 0 Å². The Balaban J connectivity index is 2.26. The van der Waals surface area contributed by atoms with Gasteiger partial charge in [0.1, 0.15) is 17.9 Å². The van der Waals surface area contributed by atoms with Crippen molar-refractivity contribution < 1.29 is 19.0 Å². The van der Waals surface area contributed by atoms with Gasteiger partial charge in [-0.1, -0.05) is 48.5 Å². The smallest absolute Gasteiger partial charge is 0.341 e. The average Bonchev–Trinajstić information content (AvgIpc) is 2.58. The Kier molecular flexibility index (Phi) is 5.60. The van der Waals surface area contributed by atoms with Gasteiger partial charge in [0, 0.05) is 5.56 Å². The van der Waals surface area contributed by atoms with Crippen molar-refractivity contribution in [3.63, 3.8) is 0 Å². The van der Waals surface area contributed by atoms with E-state index in [9.17, 15) is 4.79 Å². The van der Waals surface area contributed by atoms with Gasteiger partial charge < -0.3 is 14.2 Å². The summed E-state index contributed by atoms with van der Waals surface area (Å²) in [5.41, 5.74) is 1.99. The van der Waals surface area contributed by atoms with E-state index in [1.54, 1.807) is 6.07 Å². The third-order valence-corrected chi connectivity index (χ3v) is 3.06. The van der Waals surface area contributed by atoms with Crippen LogP contribution in [-0.2, 0) is 20.9 Å². The molecule has 4 nitrogen and oxygen atoms in total. The van der Waals surface area contributed by atoms with Crippen molar-refractivity contribution in [1.29, 1.82) is 0 Å². The van der Waals surface area contributed by atoms with Crippen LogP contribution in [0, 0.1) is 0 Å². The lowest BCUT2D eigenvalue weighted by Crippen LogP contribution is -2.06. The summed E-state index contributed by atoms with van der Waals surface area (Å²) in [6.07, 6.45) is 1.36. The Morgan fingerprint density at radius 1 is 1.00 bits per heavy atom. The van der Waals surface area contributed by atoms with Gasteiger partial charge in [0.2, 0.25) is 0 Å². The zero-order chi connectivity index (χ0) is 15.8. The summed E-state index contributed by atoms with van der Waals surface area (Å²) < 4.78 is 15.6. The van der Waals surface area contributed by atoms with Crippen molar-refractivity contribution in [2.45, 2.75) is 6.61 Å². The second kappa shape index (κ2) is 7.88. The third kappa shape index (κ3) is 3.88. The molecule has 0 fully saturated rings. The fraction of sp³-hybridized carbons (Fsp3) is 0.167. The highest BCUT2D eigenvalue weighted by Crippen LogP contribution is 2.27. The van der Waals surface area contributed by atoms with Gasteiger partial charge in [0.15, 0.2) is 0 Å². The quantitative estimate of drug-likeness (QED) is 0.465. The number of methoxy groups -OCH3 is 2. The van der Waals surface area contributed by atoms with E-state index in [4.69, 9.17) is 14.2 Å². The molecule has 0 spiro atoms. The molecule has 0 aliphatic rings. The van der Waals surface area contributed by atoms with Gasteiger partial charge in [-0.3, -0.25) is 0 Å². The standard InChI is InChI=1S/C18H18O4/c1-20-13-16(18(19)21-2)15-10-6-7-11-17(15)22-12-14-8-4-3-5-9-14/h3-11,13H,12H2,1-2H3. The van der Waals surface area contributed by atoms with Crippen LogP contribution in [0.25, 0.3) is 5.57 Å². The van der Waals surface area contributed by atoms with Crippen LogP contribution in [0.2, 0.25) is 0 Å². The fourth-order valence-electron chi connectivity index (χ4n) is 2.00. The molecule has 0 saturated heterocycles. The predicted molar refractivity (Wildman–Crippen MR) is 84.2 cm³/mol. The maximum absolute atomic E-state index is 11.9. The van der Waals surface area contributed by atoms with Crippen molar-refractivity contribution in [3.05, 3.63) is 72.0 Å². The molecule has 2 aromatic rings. The van der Waals surface area contributed by atoms with Gasteiger partial charge in [0.25, 0.3) is 0 Å². The molecule has 0 aromatic heterocycles. The Morgan fingerprint density at radius 3 is 2.36 bits per heavy atom. The van der Waals surface area contributed by atoms with Gasteiger partial charge in [-0.25, -0.2) is 4.79 Å². The zero-order valence-electron chi connectivity index (χ0n) is 12.6. The topological polar surface area (TPSA) is 44.8 Å². The van der Waals surface area contributed by atoms with Crippen LogP contribution in [0.5, 0.6) is 5.75 Å². The summed E-state index contributed by atoms with van der Waals surface area (Å²) in [7, 11) is 2.82. The van der Waals surface area contributed by atoms with Crippen LogP contribution < -0.4 is 4.74 Å². The number of carbonyl (C=O) groups is 1. The van der Waals surface area contributed by atoms with Gasteiger partial charge in [-0.2, -0.15) is 0 Å². The molecule has 0 atom stereocenters. The molecule has 2 aromatic carbocycles. The van der Waals surface area contributed by atoms with Crippen molar-refractivity contribution in [2.75, 3.05) is 14.2 Å². The van der Waals surface area contributed by atoms with Crippen molar-refractivity contribution in [1.82, 2.24) is 0 Å². The van der Waals surface area contributed by atoms with E-state index in [2.05, 4.69) is 0 Å². The zero-order valence-corrected chi connectivity index (χ0v) is 12.6. The maximum atomic E-state index is 11.9. The normalized spacial score (nSPS) is 10.9. The molecule has 22 heavy (non-hydrogen) atoms. The van der Waals surface area contributed by atoms with Gasteiger partial charge in [-0.15, -0.1) is 0 Å². The third-order valence-electron chi connectivity index (χ3n) is 3.06. The SMILES string of the molecule is COC=C(C(=O)OC)c1ccccc1OCc1ccccc1. The first-order chi connectivity index (χ1) is 10.8. The van der Waals surface area contributed by atoms with Crippen LogP contribution in [0.3, 0.4) is 0 Å². The molecule has 0 amide bonds. The average molecular weight is 298 g/mol. The molecule has 114 valence electrons. The molecule has 2 rings (SSSR count). The number of para-hydroxylation sites is 1. The lowest BCUT2D eigenvalue weighted by molar-refractivity contribution is -0.133. The van der Waals surface area contributed by atoms with Crippen LogP contribution in [0.4, 0.5) is 0 Å². The number of carbonyl (C=O) groups excluding carboxylic acids is 1. The molecule has 0 radical (unpaired) electrons. The minimum absolute atomic E-state index is 0.314. The van der Waals surface area contributed by atoms with E-state index in [0.717, 1.165) is 5.56 Å². The second-order valence-electron chi connectivity index (χ2n) is 4.53. The highest BCUT2D eigenvalue weighted by atomic mass is 16.5. The fourth-order valence-corrected chi connectivity index (χ4v) is 2.00. The Hall–Kier alpha value is -2.75. The van der Waals surface area contributed by atoms with Gasteiger partial charge in [-0.05, 0) is 11.6 Å². The molecule has 0 aliphatic heterocycles. The largest absolute Gasteiger partial charge is 0.503 e. The van der Waals surface area contributed by atoms with Crippen LogP contribution in [0.1, 0.15) is 11.1 Å². The number of esters is 1. The van der Waals surface area contributed by atoms with E-state index in [-0.39, 0.29) is 0 Å². The van der Waals surface area contributed by atoms with E-state index < -0.39 is 5.97 Å². The van der Waals surface area contributed by atoms with E-state index >= 15 is 0 Å². The van der Waals surface area contributed by atoms with Gasteiger partial charge in [0.05, 0.1) is 20.5 Å². The molecule has 0 bridgehead atoms. The monoisotopic (exact) mass is 298 g/mol. The number of benzene rings is 2. The highest BCUT2D eigenvalue weighted by Gasteiger charge is 2.17. The highest BCUT2D eigenvalue weighted by molar-refractivity contribution is 6.16. The minimum atomic E-state index is -0.474. The Morgan fingerprint density at radius 2 is 1.68 bits per heavy atom. The minimum Gasteiger partial charge on any atom is -0.503 e. The van der Waals surface area contributed by atoms with Crippen LogP contribution in [0.15, 0.2) is 60.9 Å². The van der Waals surface area contributed by atoms with Crippen molar-refractivity contribution >= 4 is 11.5 Å². The van der Waals surface area contributed by atoms with Crippen LogP contribution >= 0.6 is 0 Å². The molecule has 4 heteroatoms. The summed E-state index contributed by atoms with van der Waals surface area (Å²) >= 11 is 0. The first kappa shape index (κ1) is 15.6. The summed E-state index contributed by atoms with van der Waals surface area (Å²) in [4.78, 5) is 11.9. The number of rotatable bonds is 6. The Labute approximate surface area is 129 Å². The lowest BCUT2D eigenvalue weighted by atomic mass is 10.1. The number of hydrogen-bond acceptors (Lipinski definition) is 4. The van der Waals surface area contributed by atoms with E-state index in [1.807, 2.05) is 48.5 Å². The number of hydrogen-bond donors (Lipinski definition) is 0. The summed E-state index contributed by atoms with van der Waals surface area (Å²) in [5, 5.41) is 0. The summed E-state index contributed by atoms with van der Waals surface area (Å²) in [6, 6.07) is 17.1. The molecule has 0 N–H and O–H groups in total. The van der Waals surface area contributed by atoms with Crippen LogP contribution in [-0.4, -0.2) is 20.2 Å². The maximum Gasteiger partial charge on any atom is 0.341 e. The van der Waals surface area contributed by atoms with Crippen molar-refractivity contribution in [3.8, 4) is 5.75 Å². The van der Waals surface area contributed by atoms with Gasteiger partial charge >= 0.3 is 5.97 Å². The first-order valence-corrected chi connectivity index (χ1v) is 6.83. The molecule has 0 heterocycles. The summed E-state index contributed by atoms with van der Waals surface area (Å²) in [5.74, 6) is 0.123. The molecule has 0 unspecified atom stereocenters. The molecular formula is C18H18O4.